The summed E-state index contributed by atoms with van der Waals surface area (Å²) in [5, 5.41) is 6.32. The van der Waals surface area contributed by atoms with Crippen LogP contribution in [0.15, 0.2) is 24.3 Å². The summed E-state index contributed by atoms with van der Waals surface area (Å²) in [4.78, 5) is 13.8. The van der Waals surface area contributed by atoms with E-state index in [1.165, 1.54) is 5.56 Å². The molecule has 0 bridgehead atoms. The Kier molecular flexibility index (Phi) is 4.80. The van der Waals surface area contributed by atoms with Gasteiger partial charge in [-0.05, 0) is 44.0 Å². The zero-order valence-electron chi connectivity index (χ0n) is 11.8. The van der Waals surface area contributed by atoms with E-state index in [4.69, 9.17) is 0 Å². The maximum atomic E-state index is 11.9. The predicted molar refractivity (Wildman–Crippen MR) is 78.4 cm³/mol. The van der Waals surface area contributed by atoms with Crippen molar-refractivity contribution in [3.05, 3.63) is 29.8 Å². The number of amides is 2. The van der Waals surface area contributed by atoms with Crippen LogP contribution in [0.4, 0.5) is 10.5 Å². The molecule has 1 saturated heterocycles. The number of nitrogens with zero attached hydrogens (tertiary/aromatic N) is 1. The van der Waals surface area contributed by atoms with Gasteiger partial charge in [-0.15, -0.1) is 0 Å². The molecule has 2 N–H and O–H groups in total. The highest BCUT2D eigenvalue weighted by atomic mass is 16.2. The molecule has 0 aliphatic carbocycles. The molecule has 0 radical (unpaired) electrons. The molecule has 2 amide bonds. The predicted octanol–water partition coefficient (Wildman–Crippen LogP) is 2.98. The first-order valence-electron chi connectivity index (χ1n) is 7.10. The molecule has 1 atom stereocenters. The largest absolute Gasteiger partial charge is 0.325 e. The molecule has 1 fully saturated rings. The van der Waals surface area contributed by atoms with Gasteiger partial charge in [-0.1, -0.05) is 19.1 Å². The maximum Gasteiger partial charge on any atom is 0.321 e. The van der Waals surface area contributed by atoms with Gasteiger partial charge in [-0.25, -0.2) is 4.79 Å². The van der Waals surface area contributed by atoms with E-state index in [1.807, 2.05) is 17.0 Å². The summed E-state index contributed by atoms with van der Waals surface area (Å²) in [5.41, 5.74) is 2.10. The molecule has 1 unspecified atom stereocenters. The van der Waals surface area contributed by atoms with E-state index in [2.05, 4.69) is 36.6 Å². The molecule has 2 rings (SSSR count). The van der Waals surface area contributed by atoms with E-state index in [1.54, 1.807) is 0 Å². The van der Waals surface area contributed by atoms with E-state index in [0.717, 1.165) is 38.2 Å². The van der Waals surface area contributed by atoms with E-state index in [0.29, 0.717) is 6.04 Å². The quantitative estimate of drug-likeness (QED) is 0.875. The maximum absolute atomic E-state index is 11.9. The third kappa shape index (κ3) is 3.70. The van der Waals surface area contributed by atoms with Crippen molar-refractivity contribution in [1.82, 2.24) is 10.2 Å². The Bertz CT molecular complexity index is 410. The van der Waals surface area contributed by atoms with Crippen molar-refractivity contribution in [2.45, 2.75) is 32.7 Å². The Morgan fingerprint density at radius 2 is 1.89 bits per heavy atom. The van der Waals surface area contributed by atoms with Crippen LogP contribution in [-0.4, -0.2) is 30.6 Å². The number of likely N-dealkylation sites (tertiary alicyclic amines) is 1. The van der Waals surface area contributed by atoms with Gasteiger partial charge < -0.3 is 15.5 Å². The van der Waals surface area contributed by atoms with Crippen LogP contribution in [0.2, 0.25) is 0 Å². The minimum absolute atomic E-state index is 0.0185. The fourth-order valence-corrected chi connectivity index (χ4v) is 2.40. The lowest BCUT2D eigenvalue weighted by molar-refractivity contribution is 0.222. The first-order valence-corrected chi connectivity index (χ1v) is 7.10. The van der Waals surface area contributed by atoms with Crippen molar-refractivity contribution in [3.63, 3.8) is 0 Å². The summed E-state index contributed by atoms with van der Waals surface area (Å²) in [7, 11) is 0. The van der Waals surface area contributed by atoms with E-state index >= 15 is 0 Å². The van der Waals surface area contributed by atoms with E-state index in [-0.39, 0.29) is 6.03 Å². The van der Waals surface area contributed by atoms with Crippen LogP contribution in [0.25, 0.3) is 0 Å². The lowest BCUT2D eigenvalue weighted by Crippen LogP contribution is -2.32. The molecule has 19 heavy (non-hydrogen) atoms. The normalized spacial score (nSPS) is 16.4. The number of carbonyl (C=O) groups excluding carboxylic acids is 1. The molecule has 0 spiro atoms. The fraction of sp³-hybridized carbons (Fsp3) is 0.533. The molecule has 4 heteroatoms. The van der Waals surface area contributed by atoms with Gasteiger partial charge in [0.05, 0.1) is 0 Å². The molecule has 0 aromatic heterocycles. The van der Waals surface area contributed by atoms with Crippen molar-refractivity contribution >= 4 is 11.7 Å². The SMILES string of the molecule is CCNC(C)c1ccc(NC(=O)N2CCCC2)cc1. The molecule has 1 aliphatic rings. The smallest absolute Gasteiger partial charge is 0.321 e. The summed E-state index contributed by atoms with van der Waals surface area (Å²) >= 11 is 0. The number of urea groups is 1. The zero-order chi connectivity index (χ0) is 13.7. The number of carbonyl (C=O) groups is 1. The van der Waals surface area contributed by atoms with E-state index in [9.17, 15) is 4.79 Å². The molecule has 0 saturated carbocycles. The lowest BCUT2D eigenvalue weighted by Gasteiger charge is -2.17. The van der Waals surface area contributed by atoms with Gasteiger partial charge in [-0.2, -0.15) is 0 Å². The van der Waals surface area contributed by atoms with Gasteiger partial charge in [-0.3, -0.25) is 0 Å². The van der Waals surface area contributed by atoms with Crippen molar-refractivity contribution in [2.75, 3.05) is 25.0 Å². The Labute approximate surface area is 115 Å². The lowest BCUT2D eigenvalue weighted by atomic mass is 10.1. The summed E-state index contributed by atoms with van der Waals surface area (Å²) in [6, 6.07) is 8.42. The molecule has 1 aromatic rings. The molecule has 1 heterocycles. The van der Waals surface area contributed by atoms with Gasteiger partial charge in [0.1, 0.15) is 0 Å². The molecular weight excluding hydrogens is 238 g/mol. The van der Waals surface area contributed by atoms with Crippen LogP contribution in [0.1, 0.15) is 38.3 Å². The van der Waals surface area contributed by atoms with Gasteiger partial charge in [0.15, 0.2) is 0 Å². The van der Waals surface area contributed by atoms with Gasteiger partial charge in [0.2, 0.25) is 0 Å². The average Bonchev–Trinajstić information content (AvgIpc) is 2.94. The Morgan fingerprint density at radius 1 is 1.26 bits per heavy atom. The number of rotatable bonds is 4. The third-order valence-electron chi connectivity index (χ3n) is 3.57. The Hall–Kier alpha value is -1.55. The highest BCUT2D eigenvalue weighted by Crippen LogP contribution is 2.17. The summed E-state index contributed by atoms with van der Waals surface area (Å²) in [5.74, 6) is 0. The second-order valence-corrected chi connectivity index (χ2v) is 5.03. The molecular formula is C15H23N3O. The molecule has 4 nitrogen and oxygen atoms in total. The van der Waals surface area contributed by atoms with Crippen LogP contribution in [0.5, 0.6) is 0 Å². The second kappa shape index (κ2) is 6.57. The minimum Gasteiger partial charge on any atom is -0.325 e. The van der Waals surface area contributed by atoms with Crippen molar-refractivity contribution < 1.29 is 4.79 Å². The standard InChI is InChI=1S/C15H23N3O/c1-3-16-12(2)13-6-8-14(9-7-13)17-15(19)18-10-4-5-11-18/h6-9,12,16H,3-5,10-11H2,1-2H3,(H,17,19). The Balaban J connectivity index is 1.92. The van der Waals surface area contributed by atoms with Crippen molar-refractivity contribution in [1.29, 1.82) is 0 Å². The first kappa shape index (κ1) is 13.9. The van der Waals surface area contributed by atoms with Crippen molar-refractivity contribution in [2.24, 2.45) is 0 Å². The Morgan fingerprint density at radius 3 is 2.47 bits per heavy atom. The molecule has 1 aromatic carbocycles. The zero-order valence-corrected chi connectivity index (χ0v) is 11.8. The summed E-state index contributed by atoms with van der Waals surface area (Å²) < 4.78 is 0. The number of anilines is 1. The van der Waals surface area contributed by atoms with Crippen LogP contribution in [0, 0.1) is 0 Å². The molecule has 104 valence electrons. The average molecular weight is 261 g/mol. The van der Waals surface area contributed by atoms with Crippen LogP contribution < -0.4 is 10.6 Å². The van der Waals surface area contributed by atoms with Gasteiger partial charge in [0.25, 0.3) is 0 Å². The second-order valence-electron chi connectivity index (χ2n) is 5.03. The minimum atomic E-state index is 0.0185. The van der Waals surface area contributed by atoms with Crippen LogP contribution >= 0.6 is 0 Å². The summed E-state index contributed by atoms with van der Waals surface area (Å²) in [6.45, 7) is 6.94. The first-order chi connectivity index (χ1) is 9.20. The van der Waals surface area contributed by atoms with E-state index < -0.39 is 0 Å². The van der Waals surface area contributed by atoms with Gasteiger partial charge in [0, 0.05) is 24.8 Å². The van der Waals surface area contributed by atoms with Crippen LogP contribution in [-0.2, 0) is 0 Å². The topological polar surface area (TPSA) is 44.4 Å². The third-order valence-corrected chi connectivity index (χ3v) is 3.57. The highest BCUT2D eigenvalue weighted by molar-refractivity contribution is 5.89. The fourth-order valence-electron chi connectivity index (χ4n) is 2.40. The van der Waals surface area contributed by atoms with Crippen LogP contribution in [0.3, 0.4) is 0 Å². The van der Waals surface area contributed by atoms with Crippen molar-refractivity contribution in [3.8, 4) is 0 Å². The highest BCUT2D eigenvalue weighted by Gasteiger charge is 2.17. The number of hydrogen-bond acceptors (Lipinski definition) is 2. The van der Waals surface area contributed by atoms with Gasteiger partial charge >= 0.3 is 6.03 Å². The number of hydrogen-bond donors (Lipinski definition) is 2. The summed E-state index contributed by atoms with van der Waals surface area (Å²) in [6.07, 6.45) is 2.24. The number of nitrogens with one attached hydrogen (secondary N) is 2. The molecule has 1 aliphatic heterocycles. The monoisotopic (exact) mass is 261 g/mol. The number of benzene rings is 1.